The van der Waals surface area contributed by atoms with Crippen molar-refractivity contribution in [2.45, 2.75) is 6.54 Å². The second-order valence-corrected chi connectivity index (χ2v) is 5.50. The van der Waals surface area contributed by atoms with Crippen molar-refractivity contribution in [2.75, 3.05) is 5.32 Å². The van der Waals surface area contributed by atoms with Gasteiger partial charge in [-0.15, -0.1) is 0 Å². The van der Waals surface area contributed by atoms with Crippen LogP contribution < -0.4 is 5.32 Å². The molecule has 0 radical (unpaired) electrons. The first kappa shape index (κ1) is 13.5. The van der Waals surface area contributed by atoms with E-state index in [1.54, 1.807) is 12.1 Å². The fraction of sp³-hybridized carbons (Fsp3) is 0.0769. The summed E-state index contributed by atoms with van der Waals surface area (Å²) in [6.07, 6.45) is 0. The molecule has 0 aliphatic heterocycles. The normalized spacial score (nSPS) is 10.9. The largest absolute Gasteiger partial charge is 0.378 e. The number of anilines is 1. The summed E-state index contributed by atoms with van der Waals surface area (Å²) in [4.78, 5) is 0. The predicted molar refractivity (Wildman–Crippen MR) is 81.2 cm³/mol. The lowest BCUT2D eigenvalue weighted by molar-refractivity contribution is 0.626. The number of fused-ring (bicyclic) bond motifs is 1. The quantitative estimate of drug-likeness (QED) is 0.754. The summed E-state index contributed by atoms with van der Waals surface area (Å²) in [5, 5.41) is 3.83. The van der Waals surface area contributed by atoms with Gasteiger partial charge in [0.1, 0.15) is 16.9 Å². The molecule has 1 heterocycles. The molecule has 1 N–H and O–H groups in total. The van der Waals surface area contributed by atoms with Gasteiger partial charge in [0, 0.05) is 6.54 Å². The molecule has 20 heavy (non-hydrogen) atoms. The third-order valence-corrected chi connectivity index (χ3v) is 3.99. The Bertz CT molecular complexity index is 775. The van der Waals surface area contributed by atoms with Gasteiger partial charge < -0.3 is 5.32 Å². The van der Waals surface area contributed by atoms with Gasteiger partial charge in [-0.25, -0.2) is 4.39 Å². The lowest BCUT2D eigenvalue weighted by Gasteiger charge is -2.09. The van der Waals surface area contributed by atoms with Crippen LogP contribution in [0.5, 0.6) is 0 Å². The van der Waals surface area contributed by atoms with Gasteiger partial charge in [0.25, 0.3) is 0 Å². The first-order valence-electron chi connectivity index (χ1n) is 5.74. The third kappa shape index (κ3) is 2.57. The van der Waals surface area contributed by atoms with Gasteiger partial charge in [-0.2, -0.15) is 8.75 Å². The maximum Gasteiger partial charge on any atom is 0.142 e. The zero-order valence-electron chi connectivity index (χ0n) is 10.0. The van der Waals surface area contributed by atoms with Crippen LogP contribution in [0.15, 0.2) is 30.3 Å². The zero-order valence-corrected chi connectivity index (χ0v) is 12.4. The molecule has 1 aromatic heterocycles. The van der Waals surface area contributed by atoms with E-state index in [-0.39, 0.29) is 5.02 Å². The third-order valence-electron chi connectivity index (χ3n) is 2.83. The topological polar surface area (TPSA) is 37.8 Å². The Morgan fingerprint density at radius 2 is 1.90 bits per heavy atom. The predicted octanol–water partition coefficient (Wildman–Crippen LogP) is 4.75. The molecule has 0 amide bonds. The van der Waals surface area contributed by atoms with Gasteiger partial charge in [-0.3, -0.25) is 0 Å². The van der Waals surface area contributed by atoms with Crippen molar-refractivity contribution in [2.24, 2.45) is 0 Å². The van der Waals surface area contributed by atoms with Gasteiger partial charge >= 0.3 is 0 Å². The molecule has 3 rings (SSSR count). The molecule has 3 aromatic rings. The molecule has 0 saturated heterocycles. The van der Waals surface area contributed by atoms with Gasteiger partial charge in [-0.1, -0.05) is 29.3 Å². The highest BCUT2D eigenvalue weighted by molar-refractivity contribution is 7.00. The van der Waals surface area contributed by atoms with E-state index in [0.29, 0.717) is 17.3 Å². The lowest BCUT2D eigenvalue weighted by atomic mass is 10.2. The summed E-state index contributed by atoms with van der Waals surface area (Å²) in [7, 11) is 0. The molecule has 0 spiro atoms. The van der Waals surface area contributed by atoms with E-state index >= 15 is 0 Å². The molecule has 102 valence electrons. The van der Waals surface area contributed by atoms with Crippen LogP contribution in [0.4, 0.5) is 10.1 Å². The Morgan fingerprint density at radius 3 is 2.70 bits per heavy atom. The number of nitrogens with one attached hydrogen (secondary N) is 1. The Kier molecular flexibility index (Phi) is 3.74. The van der Waals surface area contributed by atoms with Crippen molar-refractivity contribution in [3.05, 3.63) is 51.8 Å². The SMILES string of the molecule is Fc1cc(CNc2c(Cl)ccc3nsnc23)ccc1Cl. The minimum absolute atomic E-state index is 0.109. The van der Waals surface area contributed by atoms with Crippen LogP contribution in [0.2, 0.25) is 10.0 Å². The van der Waals surface area contributed by atoms with E-state index in [1.807, 2.05) is 6.07 Å². The summed E-state index contributed by atoms with van der Waals surface area (Å²) >= 11 is 12.9. The summed E-state index contributed by atoms with van der Waals surface area (Å²) in [6, 6.07) is 8.25. The van der Waals surface area contributed by atoms with Crippen LogP contribution in [0.1, 0.15) is 5.56 Å². The molecule has 2 aromatic carbocycles. The minimum Gasteiger partial charge on any atom is -0.378 e. The van der Waals surface area contributed by atoms with E-state index in [0.717, 1.165) is 28.3 Å². The summed E-state index contributed by atoms with van der Waals surface area (Å²) in [5.74, 6) is -0.439. The van der Waals surface area contributed by atoms with E-state index < -0.39 is 5.82 Å². The standard InChI is InChI=1S/C13H8Cl2FN3S/c14-8-2-1-7(5-10(8)16)6-17-12-9(15)3-4-11-13(12)19-20-18-11/h1-5,17H,6H2. The van der Waals surface area contributed by atoms with E-state index in [9.17, 15) is 4.39 Å². The lowest BCUT2D eigenvalue weighted by Crippen LogP contribution is -2.01. The summed E-state index contributed by atoms with van der Waals surface area (Å²) in [5.41, 5.74) is 2.97. The average molecular weight is 328 g/mol. The highest BCUT2D eigenvalue weighted by Crippen LogP contribution is 2.30. The number of nitrogens with zero attached hydrogens (tertiary/aromatic N) is 2. The molecule has 3 nitrogen and oxygen atoms in total. The minimum atomic E-state index is -0.439. The van der Waals surface area contributed by atoms with Crippen molar-refractivity contribution in [1.29, 1.82) is 0 Å². The van der Waals surface area contributed by atoms with Crippen molar-refractivity contribution in [3.63, 3.8) is 0 Å². The van der Waals surface area contributed by atoms with Crippen LogP contribution in [0.25, 0.3) is 11.0 Å². The Labute approximate surface area is 128 Å². The first-order valence-corrected chi connectivity index (χ1v) is 7.22. The molecule has 0 aliphatic rings. The van der Waals surface area contributed by atoms with Gasteiger partial charge in [0.05, 0.1) is 27.5 Å². The molecule has 0 unspecified atom stereocenters. The average Bonchev–Trinajstić information content (AvgIpc) is 2.90. The molecule has 0 aliphatic carbocycles. The van der Waals surface area contributed by atoms with Gasteiger partial charge in [0.2, 0.25) is 0 Å². The van der Waals surface area contributed by atoms with Crippen LogP contribution >= 0.6 is 34.9 Å². The van der Waals surface area contributed by atoms with Crippen LogP contribution in [-0.4, -0.2) is 8.75 Å². The van der Waals surface area contributed by atoms with Crippen LogP contribution in [0.3, 0.4) is 0 Å². The summed E-state index contributed by atoms with van der Waals surface area (Å²) < 4.78 is 21.7. The monoisotopic (exact) mass is 327 g/mol. The van der Waals surface area contributed by atoms with Gasteiger partial charge in [-0.05, 0) is 29.8 Å². The molecule has 7 heteroatoms. The second kappa shape index (κ2) is 5.52. The maximum atomic E-state index is 13.4. The van der Waals surface area contributed by atoms with Crippen molar-refractivity contribution < 1.29 is 4.39 Å². The van der Waals surface area contributed by atoms with Crippen molar-refractivity contribution >= 4 is 51.7 Å². The number of hydrogen-bond acceptors (Lipinski definition) is 4. The smallest absolute Gasteiger partial charge is 0.142 e. The highest BCUT2D eigenvalue weighted by Gasteiger charge is 2.10. The fourth-order valence-electron chi connectivity index (χ4n) is 1.84. The molecule has 0 atom stereocenters. The number of rotatable bonds is 3. The molecule has 0 bridgehead atoms. The van der Waals surface area contributed by atoms with Crippen LogP contribution in [-0.2, 0) is 6.54 Å². The van der Waals surface area contributed by atoms with Crippen LogP contribution in [0, 0.1) is 5.82 Å². The zero-order chi connectivity index (χ0) is 14.1. The number of hydrogen-bond donors (Lipinski definition) is 1. The molecular weight excluding hydrogens is 320 g/mol. The Morgan fingerprint density at radius 1 is 1.10 bits per heavy atom. The highest BCUT2D eigenvalue weighted by atomic mass is 35.5. The molecule has 0 fully saturated rings. The molecular formula is C13H8Cl2FN3S. The number of aromatic nitrogens is 2. The van der Waals surface area contributed by atoms with Crippen molar-refractivity contribution in [1.82, 2.24) is 8.75 Å². The fourth-order valence-corrected chi connectivity index (χ4v) is 2.71. The Hall–Kier alpha value is -1.43. The molecule has 0 saturated carbocycles. The number of benzene rings is 2. The first-order chi connectivity index (χ1) is 9.65. The maximum absolute atomic E-state index is 13.4. The summed E-state index contributed by atoms with van der Waals surface area (Å²) in [6.45, 7) is 0.421. The van der Waals surface area contributed by atoms with E-state index in [4.69, 9.17) is 23.2 Å². The number of halogens is 3. The Balaban J connectivity index is 1.88. The van der Waals surface area contributed by atoms with E-state index in [1.165, 1.54) is 12.1 Å². The second-order valence-electron chi connectivity index (χ2n) is 4.16. The van der Waals surface area contributed by atoms with Crippen molar-refractivity contribution in [3.8, 4) is 0 Å². The van der Waals surface area contributed by atoms with Gasteiger partial charge in [0.15, 0.2) is 0 Å². The van der Waals surface area contributed by atoms with E-state index in [2.05, 4.69) is 14.1 Å².